The Kier molecular flexibility index (Phi) is 5.20. The lowest BCUT2D eigenvalue weighted by molar-refractivity contribution is 0.129. The fraction of sp³-hybridized carbons (Fsp3) is 0.529. The Morgan fingerprint density at radius 2 is 2.29 bits per heavy atom. The Labute approximate surface area is 145 Å². The molecule has 1 fully saturated rings. The summed E-state index contributed by atoms with van der Waals surface area (Å²) in [6.45, 7) is 3.88. The third kappa shape index (κ3) is 4.36. The van der Waals surface area contributed by atoms with Crippen molar-refractivity contribution in [1.82, 2.24) is 15.6 Å². The van der Waals surface area contributed by atoms with Gasteiger partial charge in [-0.3, -0.25) is 0 Å². The largest absolute Gasteiger partial charge is 0.467 e. The molecule has 3 N–H and O–H groups in total. The molecule has 0 aromatic carbocycles. The number of furan rings is 1. The van der Waals surface area contributed by atoms with Crippen molar-refractivity contribution in [2.45, 2.75) is 51.3 Å². The molecule has 7 heteroatoms. The molecule has 0 saturated heterocycles. The van der Waals surface area contributed by atoms with E-state index in [4.69, 9.17) is 4.42 Å². The van der Waals surface area contributed by atoms with E-state index in [0.717, 1.165) is 22.7 Å². The van der Waals surface area contributed by atoms with Gasteiger partial charge in [-0.15, -0.1) is 11.3 Å². The van der Waals surface area contributed by atoms with Gasteiger partial charge in [0, 0.05) is 23.5 Å². The van der Waals surface area contributed by atoms with Crippen molar-refractivity contribution >= 4 is 17.4 Å². The van der Waals surface area contributed by atoms with Gasteiger partial charge in [0.1, 0.15) is 16.9 Å². The molecule has 2 amide bonds. The van der Waals surface area contributed by atoms with Crippen molar-refractivity contribution in [3.63, 3.8) is 0 Å². The van der Waals surface area contributed by atoms with E-state index < -0.39 is 6.10 Å². The summed E-state index contributed by atoms with van der Waals surface area (Å²) in [4.78, 5) is 17.9. The van der Waals surface area contributed by atoms with Gasteiger partial charge < -0.3 is 20.2 Å². The van der Waals surface area contributed by atoms with E-state index in [1.807, 2.05) is 20.0 Å². The number of thiazole rings is 1. The number of carbonyl (C=O) groups excluding carboxylic acids is 1. The van der Waals surface area contributed by atoms with Crippen molar-refractivity contribution in [2.75, 3.05) is 0 Å². The summed E-state index contributed by atoms with van der Waals surface area (Å²) < 4.78 is 5.18. The van der Waals surface area contributed by atoms with Crippen molar-refractivity contribution < 1.29 is 14.3 Å². The maximum Gasteiger partial charge on any atom is 0.315 e. The Hall–Kier alpha value is -1.86. The van der Waals surface area contributed by atoms with Crippen LogP contribution in [0.2, 0.25) is 0 Å². The molecule has 2 aromatic rings. The van der Waals surface area contributed by atoms with Crippen LogP contribution in [0, 0.1) is 12.8 Å². The van der Waals surface area contributed by atoms with Crippen molar-refractivity contribution in [3.05, 3.63) is 40.2 Å². The first-order chi connectivity index (χ1) is 11.5. The average Bonchev–Trinajstić information content (AvgIpc) is 3.04. The molecule has 0 unspecified atom stereocenters. The van der Waals surface area contributed by atoms with Gasteiger partial charge in [0.2, 0.25) is 0 Å². The molecule has 2 heterocycles. The fourth-order valence-corrected chi connectivity index (χ4v) is 3.64. The first kappa shape index (κ1) is 17.0. The zero-order chi connectivity index (χ0) is 17.1. The number of aryl methyl sites for hydroxylation is 1. The summed E-state index contributed by atoms with van der Waals surface area (Å²) in [6, 6.07) is 3.04. The van der Waals surface area contributed by atoms with Crippen LogP contribution >= 0.6 is 11.3 Å². The molecular weight excluding hydrogens is 326 g/mol. The van der Waals surface area contributed by atoms with E-state index in [2.05, 4.69) is 15.6 Å². The van der Waals surface area contributed by atoms with E-state index in [1.165, 1.54) is 6.26 Å². The maximum atomic E-state index is 12.3. The first-order valence-electron chi connectivity index (χ1n) is 8.23. The third-order valence-electron chi connectivity index (χ3n) is 4.11. The Morgan fingerprint density at radius 3 is 2.88 bits per heavy atom. The van der Waals surface area contributed by atoms with Gasteiger partial charge in [-0.25, -0.2) is 9.78 Å². The molecule has 6 nitrogen and oxygen atoms in total. The minimum atomic E-state index is -0.726. The van der Waals surface area contributed by atoms with E-state index in [9.17, 15) is 9.90 Å². The van der Waals surface area contributed by atoms with Crippen LogP contribution in [0.5, 0.6) is 0 Å². The molecule has 24 heavy (non-hydrogen) atoms. The van der Waals surface area contributed by atoms with Gasteiger partial charge in [0.25, 0.3) is 0 Å². The van der Waals surface area contributed by atoms with E-state index in [0.29, 0.717) is 18.1 Å². The number of aromatic nitrogens is 1. The summed E-state index contributed by atoms with van der Waals surface area (Å²) in [7, 11) is 0. The monoisotopic (exact) mass is 349 g/mol. The van der Waals surface area contributed by atoms with Crippen molar-refractivity contribution in [2.24, 2.45) is 5.92 Å². The van der Waals surface area contributed by atoms with Crippen LogP contribution in [0.15, 0.2) is 29.0 Å². The van der Waals surface area contributed by atoms with Gasteiger partial charge in [0.15, 0.2) is 0 Å². The fourth-order valence-electron chi connectivity index (χ4n) is 2.72. The highest BCUT2D eigenvalue weighted by molar-refractivity contribution is 7.11. The van der Waals surface area contributed by atoms with Crippen LogP contribution in [0.4, 0.5) is 4.79 Å². The molecule has 3 rings (SSSR count). The number of hydrogen-bond donors (Lipinski definition) is 3. The molecule has 0 radical (unpaired) electrons. The molecule has 1 aliphatic carbocycles. The van der Waals surface area contributed by atoms with Crippen molar-refractivity contribution in [3.8, 4) is 0 Å². The topological polar surface area (TPSA) is 87.4 Å². The zero-order valence-corrected chi connectivity index (χ0v) is 14.7. The Bertz CT molecular complexity index is 666. The number of aliphatic hydroxyl groups is 1. The molecular formula is C17H23N3O3S. The van der Waals surface area contributed by atoms with Gasteiger partial charge >= 0.3 is 6.03 Å². The number of hydrogen-bond acceptors (Lipinski definition) is 5. The highest BCUT2D eigenvalue weighted by Gasteiger charge is 2.35. The number of rotatable bonds is 7. The number of urea groups is 1. The lowest BCUT2D eigenvalue weighted by Crippen LogP contribution is -2.43. The summed E-state index contributed by atoms with van der Waals surface area (Å²) in [5.41, 5.74) is 0. The van der Waals surface area contributed by atoms with Gasteiger partial charge in [-0.05, 0) is 44.7 Å². The molecule has 0 spiro atoms. The number of aliphatic hydroxyl groups excluding tert-OH is 1. The van der Waals surface area contributed by atoms with Crippen LogP contribution in [-0.4, -0.2) is 22.2 Å². The van der Waals surface area contributed by atoms with Crippen LogP contribution in [0.3, 0.4) is 0 Å². The van der Waals surface area contributed by atoms with Crippen LogP contribution < -0.4 is 10.6 Å². The van der Waals surface area contributed by atoms with Gasteiger partial charge in [0.05, 0.1) is 12.3 Å². The normalized spacial score (nSPS) is 18.0. The Morgan fingerprint density at radius 1 is 1.50 bits per heavy atom. The average molecular weight is 349 g/mol. The minimum Gasteiger partial charge on any atom is -0.467 e. The van der Waals surface area contributed by atoms with E-state index in [-0.39, 0.29) is 18.1 Å². The van der Waals surface area contributed by atoms with E-state index in [1.54, 1.807) is 23.5 Å². The predicted octanol–water partition coefficient (Wildman–Crippen LogP) is 3.31. The molecule has 0 bridgehead atoms. The first-order valence-corrected chi connectivity index (χ1v) is 9.05. The van der Waals surface area contributed by atoms with Crippen molar-refractivity contribution in [1.29, 1.82) is 0 Å². The lowest BCUT2D eigenvalue weighted by atomic mass is 10.1. The standard InChI is InChI=1S/C17H23N3O3S/c1-10(8-13(21)14-4-3-7-23-14)19-17(22)20-15(12-5-6-12)16-18-9-11(2)24-16/h3-4,7,9-10,12-13,15,21H,5-6,8H2,1-2H3,(H2,19,20,22)/t10-,13+,15-/m1/s1. The van der Waals surface area contributed by atoms with E-state index >= 15 is 0 Å². The van der Waals surface area contributed by atoms with Crippen LogP contribution in [0.25, 0.3) is 0 Å². The second-order valence-corrected chi connectivity index (χ2v) is 7.68. The molecule has 2 aromatic heterocycles. The molecule has 1 saturated carbocycles. The SMILES string of the molecule is Cc1cnc([C@H](NC(=O)N[C@H](C)C[C@H](O)c2ccco2)C2CC2)s1. The van der Waals surface area contributed by atoms with Gasteiger partial charge in [-0.1, -0.05) is 0 Å². The summed E-state index contributed by atoms with van der Waals surface area (Å²) in [5.74, 6) is 0.989. The molecule has 1 aliphatic rings. The second kappa shape index (κ2) is 7.36. The van der Waals surface area contributed by atoms with Crippen LogP contribution in [-0.2, 0) is 0 Å². The smallest absolute Gasteiger partial charge is 0.315 e. The van der Waals surface area contributed by atoms with Crippen LogP contribution in [0.1, 0.15) is 54.0 Å². The zero-order valence-electron chi connectivity index (χ0n) is 13.9. The number of carbonyl (C=O) groups is 1. The molecule has 3 atom stereocenters. The number of nitrogens with one attached hydrogen (secondary N) is 2. The molecule has 0 aliphatic heterocycles. The minimum absolute atomic E-state index is 0.0223. The second-order valence-electron chi connectivity index (χ2n) is 6.41. The quantitative estimate of drug-likeness (QED) is 0.716. The summed E-state index contributed by atoms with van der Waals surface area (Å²) in [5, 5.41) is 17.0. The predicted molar refractivity (Wildman–Crippen MR) is 91.7 cm³/mol. The highest BCUT2D eigenvalue weighted by Crippen LogP contribution is 2.42. The lowest BCUT2D eigenvalue weighted by Gasteiger charge is -2.20. The number of nitrogens with zero attached hydrogens (tertiary/aromatic N) is 1. The number of amides is 2. The van der Waals surface area contributed by atoms with Gasteiger partial charge in [-0.2, -0.15) is 0 Å². The highest BCUT2D eigenvalue weighted by atomic mass is 32.1. The third-order valence-corrected chi connectivity index (χ3v) is 5.11. The maximum absolute atomic E-state index is 12.3. The molecule has 130 valence electrons. The Balaban J connectivity index is 1.52. The summed E-state index contributed by atoms with van der Waals surface area (Å²) in [6.07, 6.45) is 5.28. The summed E-state index contributed by atoms with van der Waals surface area (Å²) >= 11 is 1.63.